The number of rotatable bonds is 17. The van der Waals surface area contributed by atoms with Crippen LogP contribution in [0.5, 0.6) is 0 Å². The van der Waals surface area contributed by atoms with E-state index in [0.717, 1.165) is 21.9 Å². The predicted molar refractivity (Wildman–Crippen MR) is 193 cm³/mol. The largest absolute Gasteiger partial charge is 0.460 e. The van der Waals surface area contributed by atoms with Gasteiger partial charge in [-0.2, -0.15) is 0 Å². The zero-order valence-electron chi connectivity index (χ0n) is 30.0. The summed E-state index contributed by atoms with van der Waals surface area (Å²) in [5, 5.41) is 9.26. The molecule has 0 aliphatic carbocycles. The first-order chi connectivity index (χ1) is 23.7. The summed E-state index contributed by atoms with van der Waals surface area (Å²) in [7, 11) is 1.51. The molecule has 3 N–H and O–H groups in total. The van der Waals surface area contributed by atoms with Gasteiger partial charge in [-0.25, -0.2) is 9.80 Å². The zero-order valence-corrected chi connectivity index (χ0v) is 30.7. The SMILES string of the molecule is CCOC(OCC)[C@H](C)N(Cc1cccc2ccccc12)C(=O)[C@H](CC(=O)OC(C)(C)C)NC(=O)CN(C)NC(=O)NCc1ccc(Cl)cc1. The van der Waals surface area contributed by atoms with Gasteiger partial charge in [0, 0.05) is 38.4 Å². The average molecular weight is 712 g/mol. The van der Waals surface area contributed by atoms with Gasteiger partial charge in [0.15, 0.2) is 6.29 Å². The molecule has 0 aliphatic rings. The van der Waals surface area contributed by atoms with E-state index in [1.165, 1.54) is 12.1 Å². The maximum absolute atomic E-state index is 14.6. The van der Waals surface area contributed by atoms with Gasteiger partial charge in [0.1, 0.15) is 11.6 Å². The number of hydrazine groups is 1. The highest BCUT2D eigenvalue weighted by atomic mass is 35.5. The molecule has 0 unspecified atom stereocenters. The number of esters is 1. The minimum Gasteiger partial charge on any atom is -0.460 e. The minimum absolute atomic E-state index is 0.147. The van der Waals surface area contributed by atoms with Crippen LogP contribution < -0.4 is 16.1 Å². The Morgan fingerprint density at radius 3 is 2.18 bits per heavy atom. The second kappa shape index (κ2) is 19.2. The van der Waals surface area contributed by atoms with Crippen LogP contribution in [0.4, 0.5) is 4.79 Å². The Hall–Kier alpha value is -4.23. The van der Waals surface area contributed by atoms with Gasteiger partial charge in [-0.05, 0) is 75.6 Å². The van der Waals surface area contributed by atoms with Gasteiger partial charge in [-0.3, -0.25) is 19.8 Å². The van der Waals surface area contributed by atoms with Crippen molar-refractivity contribution < 1.29 is 33.4 Å². The number of carbonyl (C=O) groups excluding carboxylic acids is 4. The number of ether oxygens (including phenoxy) is 3. The lowest BCUT2D eigenvalue weighted by atomic mass is 10.0. The highest BCUT2D eigenvalue weighted by molar-refractivity contribution is 6.30. The van der Waals surface area contributed by atoms with Crippen LogP contribution in [0.3, 0.4) is 0 Å². The van der Waals surface area contributed by atoms with Crippen molar-refractivity contribution in [3.63, 3.8) is 0 Å². The van der Waals surface area contributed by atoms with Gasteiger partial charge in [0.2, 0.25) is 11.8 Å². The van der Waals surface area contributed by atoms with Crippen molar-refractivity contribution in [3.8, 4) is 0 Å². The number of halogens is 1. The van der Waals surface area contributed by atoms with Crippen LogP contribution in [0.1, 0.15) is 59.1 Å². The topological polar surface area (TPSA) is 139 Å². The average Bonchev–Trinajstić information content (AvgIpc) is 3.05. The summed E-state index contributed by atoms with van der Waals surface area (Å²) < 4.78 is 17.3. The Bertz CT molecular complexity index is 1570. The number of hydrogen-bond acceptors (Lipinski definition) is 8. The van der Waals surface area contributed by atoms with Gasteiger partial charge >= 0.3 is 12.0 Å². The van der Waals surface area contributed by atoms with E-state index in [9.17, 15) is 19.2 Å². The first-order valence-corrected chi connectivity index (χ1v) is 17.1. The van der Waals surface area contributed by atoms with E-state index in [-0.39, 0.29) is 19.6 Å². The van der Waals surface area contributed by atoms with Gasteiger partial charge in [-0.1, -0.05) is 66.2 Å². The molecule has 4 amide bonds. The van der Waals surface area contributed by atoms with Crippen LogP contribution in [0.25, 0.3) is 10.8 Å². The summed E-state index contributed by atoms with van der Waals surface area (Å²) >= 11 is 5.93. The monoisotopic (exact) mass is 711 g/mol. The third kappa shape index (κ3) is 12.9. The van der Waals surface area contributed by atoms with E-state index in [2.05, 4.69) is 16.1 Å². The number of fused-ring (bicyclic) bond motifs is 1. The Kier molecular flexibility index (Phi) is 15.5. The summed E-state index contributed by atoms with van der Waals surface area (Å²) in [5.74, 6) is -1.78. The number of urea groups is 1. The molecule has 272 valence electrons. The predicted octanol–water partition coefficient (Wildman–Crippen LogP) is 5.17. The molecule has 0 heterocycles. The van der Waals surface area contributed by atoms with Crippen molar-refractivity contribution >= 4 is 46.2 Å². The van der Waals surface area contributed by atoms with Gasteiger partial charge < -0.3 is 29.7 Å². The Balaban J connectivity index is 1.84. The lowest BCUT2D eigenvalue weighted by molar-refractivity contribution is -0.180. The second-order valence-corrected chi connectivity index (χ2v) is 13.2. The highest BCUT2D eigenvalue weighted by Gasteiger charge is 2.36. The highest BCUT2D eigenvalue weighted by Crippen LogP contribution is 2.24. The Labute approximate surface area is 299 Å². The molecule has 12 nitrogen and oxygen atoms in total. The number of benzene rings is 3. The standard InChI is InChI=1S/C37H50ClN5O7/c1-8-48-35(49-9-2)25(3)43(23-28-15-12-14-27-13-10-11-16-30(27)28)34(46)31(21-33(45)50-37(4,5)6)40-32(44)24-42(7)41-36(47)39-22-26-17-19-29(38)20-18-26/h10-20,25,31,35H,8-9,21-24H2,1-7H3,(H,40,44)(H2,39,41,47)/t25-,31-/m0/s1. The van der Waals surface area contributed by atoms with Gasteiger partial charge in [-0.15, -0.1) is 0 Å². The number of likely N-dealkylation sites (N-methyl/N-ethyl adjacent to an activating group) is 1. The maximum atomic E-state index is 14.6. The fraction of sp³-hybridized carbons (Fsp3) is 0.459. The van der Waals surface area contributed by atoms with Crippen molar-refractivity contribution in [3.05, 3.63) is 82.9 Å². The van der Waals surface area contributed by atoms with Crippen molar-refractivity contribution in [2.45, 2.75) is 85.0 Å². The normalized spacial score (nSPS) is 12.8. The third-order valence-electron chi connectivity index (χ3n) is 7.51. The molecular weight excluding hydrogens is 662 g/mol. The van der Waals surface area contributed by atoms with E-state index in [4.69, 9.17) is 25.8 Å². The van der Waals surface area contributed by atoms with Crippen LogP contribution in [0.2, 0.25) is 5.02 Å². The van der Waals surface area contributed by atoms with Crippen LogP contribution in [-0.4, -0.2) is 84.5 Å². The van der Waals surface area contributed by atoms with Gasteiger partial charge in [0.25, 0.3) is 0 Å². The molecule has 2 atom stereocenters. The van der Waals surface area contributed by atoms with Crippen LogP contribution in [-0.2, 0) is 41.7 Å². The quantitative estimate of drug-likeness (QED) is 0.0991. The molecule has 0 saturated heterocycles. The van der Waals surface area contributed by atoms with Gasteiger partial charge in [0.05, 0.1) is 19.0 Å². The summed E-state index contributed by atoms with van der Waals surface area (Å²) in [6, 6.07) is 18.3. The molecule has 0 fully saturated rings. The molecule has 13 heteroatoms. The summed E-state index contributed by atoms with van der Waals surface area (Å²) in [6.45, 7) is 11.4. The Morgan fingerprint density at radius 1 is 0.900 bits per heavy atom. The molecule has 50 heavy (non-hydrogen) atoms. The summed E-state index contributed by atoms with van der Waals surface area (Å²) in [4.78, 5) is 55.2. The smallest absolute Gasteiger partial charge is 0.329 e. The number of nitrogens with one attached hydrogen (secondary N) is 3. The van der Waals surface area contributed by atoms with Crippen molar-refractivity contribution in [2.75, 3.05) is 26.8 Å². The molecule has 3 rings (SSSR count). The summed E-state index contributed by atoms with van der Waals surface area (Å²) in [6.07, 6.45) is -1.20. The van der Waals surface area contributed by atoms with Crippen molar-refractivity contribution in [2.24, 2.45) is 0 Å². The molecular formula is C37H50ClN5O7. The molecule has 0 bridgehead atoms. The Morgan fingerprint density at radius 2 is 1.54 bits per heavy atom. The fourth-order valence-electron chi connectivity index (χ4n) is 5.28. The number of carbonyl (C=O) groups is 4. The molecule has 0 spiro atoms. The second-order valence-electron chi connectivity index (χ2n) is 12.8. The number of nitrogens with zero attached hydrogens (tertiary/aromatic N) is 2. The maximum Gasteiger partial charge on any atom is 0.329 e. The first-order valence-electron chi connectivity index (χ1n) is 16.7. The molecule has 3 aromatic carbocycles. The first kappa shape index (κ1) is 40.2. The molecule has 0 aromatic heterocycles. The number of hydrogen-bond donors (Lipinski definition) is 3. The lowest BCUT2D eigenvalue weighted by Gasteiger charge is -2.37. The van der Waals surface area contributed by atoms with E-state index in [1.54, 1.807) is 49.9 Å². The fourth-order valence-corrected chi connectivity index (χ4v) is 5.41. The van der Waals surface area contributed by atoms with E-state index in [1.807, 2.05) is 63.2 Å². The molecule has 3 aromatic rings. The zero-order chi connectivity index (χ0) is 36.8. The van der Waals surface area contributed by atoms with Crippen molar-refractivity contribution in [1.82, 2.24) is 26.0 Å². The summed E-state index contributed by atoms with van der Waals surface area (Å²) in [5.41, 5.74) is 3.47. The molecule has 0 saturated carbocycles. The van der Waals surface area contributed by atoms with Crippen LogP contribution >= 0.6 is 11.6 Å². The van der Waals surface area contributed by atoms with E-state index in [0.29, 0.717) is 18.2 Å². The number of amides is 4. The molecule has 0 radical (unpaired) electrons. The van der Waals surface area contributed by atoms with Crippen LogP contribution in [0, 0.1) is 0 Å². The molecule has 0 aliphatic heterocycles. The van der Waals surface area contributed by atoms with E-state index >= 15 is 0 Å². The van der Waals surface area contributed by atoms with Crippen molar-refractivity contribution in [1.29, 1.82) is 0 Å². The van der Waals surface area contributed by atoms with E-state index < -0.39 is 54.2 Å². The lowest BCUT2D eigenvalue weighted by Crippen LogP contribution is -2.56. The minimum atomic E-state index is -1.30. The third-order valence-corrected chi connectivity index (χ3v) is 7.77. The van der Waals surface area contributed by atoms with Crippen LogP contribution in [0.15, 0.2) is 66.7 Å².